The second-order valence-corrected chi connectivity index (χ2v) is 5.09. The molecule has 0 aromatic rings. The number of rotatable bonds is 9. The van der Waals surface area contributed by atoms with Crippen molar-refractivity contribution in [1.82, 2.24) is 10.2 Å². The third-order valence-electron chi connectivity index (χ3n) is 2.49. The zero-order chi connectivity index (χ0) is 16.6. The standard InChI is InChI=1S/C12H22N4O5/c1-7(2)5-16(6-10(14)18)12(21)15-8(11(19)20)3-4-9(13)17/h7-8H,3-6H2,1-2H3,(H2,13,17)(H2,14,18)(H,15,21)(H,19,20)/t8-/m1/s1. The number of hydrogen-bond acceptors (Lipinski definition) is 4. The van der Waals surface area contributed by atoms with E-state index >= 15 is 0 Å². The molecule has 0 aliphatic rings. The fourth-order valence-electron chi connectivity index (χ4n) is 1.63. The van der Waals surface area contributed by atoms with Gasteiger partial charge in [0.1, 0.15) is 12.6 Å². The van der Waals surface area contributed by atoms with Crippen LogP contribution in [0.4, 0.5) is 4.79 Å². The zero-order valence-corrected chi connectivity index (χ0v) is 12.2. The highest BCUT2D eigenvalue weighted by Crippen LogP contribution is 2.02. The molecule has 0 aliphatic heterocycles. The van der Waals surface area contributed by atoms with Crippen molar-refractivity contribution in [3.8, 4) is 0 Å². The van der Waals surface area contributed by atoms with Gasteiger partial charge in [-0.05, 0) is 12.3 Å². The van der Waals surface area contributed by atoms with Gasteiger partial charge in [-0.2, -0.15) is 0 Å². The van der Waals surface area contributed by atoms with Crippen molar-refractivity contribution in [2.24, 2.45) is 17.4 Å². The number of aliphatic carboxylic acids is 1. The van der Waals surface area contributed by atoms with Crippen LogP contribution in [0.15, 0.2) is 0 Å². The molecule has 0 aliphatic carbocycles. The van der Waals surface area contributed by atoms with Gasteiger partial charge in [0.2, 0.25) is 11.8 Å². The monoisotopic (exact) mass is 302 g/mol. The topological polar surface area (TPSA) is 156 Å². The van der Waals surface area contributed by atoms with Gasteiger partial charge in [0.15, 0.2) is 0 Å². The van der Waals surface area contributed by atoms with Crippen LogP contribution in [0.3, 0.4) is 0 Å². The van der Waals surface area contributed by atoms with Crippen LogP contribution >= 0.6 is 0 Å². The largest absolute Gasteiger partial charge is 0.480 e. The van der Waals surface area contributed by atoms with E-state index in [1.807, 2.05) is 13.8 Å². The molecule has 6 N–H and O–H groups in total. The Hall–Kier alpha value is -2.32. The van der Waals surface area contributed by atoms with Gasteiger partial charge in [-0.1, -0.05) is 13.8 Å². The van der Waals surface area contributed by atoms with Crippen molar-refractivity contribution in [3.63, 3.8) is 0 Å². The first-order chi connectivity index (χ1) is 9.63. The fourth-order valence-corrected chi connectivity index (χ4v) is 1.63. The van der Waals surface area contributed by atoms with E-state index in [1.165, 1.54) is 0 Å². The molecule has 0 saturated heterocycles. The number of urea groups is 1. The zero-order valence-electron chi connectivity index (χ0n) is 12.2. The van der Waals surface area contributed by atoms with E-state index in [9.17, 15) is 19.2 Å². The number of carboxylic acid groups (broad SMARTS) is 1. The quantitative estimate of drug-likeness (QED) is 0.423. The molecule has 0 rings (SSSR count). The molecule has 0 bridgehead atoms. The summed E-state index contributed by atoms with van der Waals surface area (Å²) in [6.07, 6.45) is -0.292. The number of carbonyl (C=O) groups excluding carboxylic acids is 3. The van der Waals surface area contributed by atoms with E-state index in [4.69, 9.17) is 16.6 Å². The third-order valence-corrected chi connectivity index (χ3v) is 2.49. The Labute approximate surface area is 122 Å². The normalized spacial score (nSPS) is 11.8. The Kier molecular flexibility index (Phi) is 7.80. The maximum atomic E-state index is 12.0. The number of nitrogens with one attached hydrogen (secondary N) is 1. The molecule has 1 atom stereocenters. The summed E-state index contributed by atoms with van der Waals surface area (Å²) in [4.78, 5) is 45.8. The molecule has 0 spiro atoms. The number of nitrogens with zero attached hydrogens (tertiary/aromatic N) is 1. The van der Waals surface area contributed by atoms with Crippen molar-refractivity contribution in [2.75, 3.05) is 13.1 Å². The van der Waals surface area contributed by atoms with E-state index in [0.717, 1.165) is 4.90 Å². The van der Waals surface area contributed by atoms with Gasteiger partial charge in [0, 0.05) is 13.0 Å². The summed E-state index contributed by atoms with van der Waals surface area (Å²) in [5.41, 5.74) is 10.0. The van der Waals surface area contributed by atoms with Gasteiger partial charge >= 0.3 is 12.0 Å². The average molecular weight is 302 g/mol. The van der Waals surface area contributed by atoms with Crippen molar-refractivity contribution >= 4 is 23.8 Å². The lowest BCUT2D eigenvalue weighted by molar-refractivity contribution is -0.139. The lowest BCUT2D eigenvalue weighted by atomic mass is 10.1. The first-order valence-corrected chi connectivity index (χ1v) is 6.48. The number of carboxylic acids is 1. The summed E-state index contributed by atoms with van der Waals surface area (Å²) in [7, 11) is 0. The van der Waals surface area contributed by atoms with Gasteiger partial charge in [0.25, 0.3) is 0 Å². The maximum Gasteiger partial charge on any atom is 0.326 e. The molecular weight excluding hydrogens is 280 g/mol. The van der Waals surface area contributed by atoms with Crippen LogP contribution in [-0.4, -0.2) is 53.0 Å². The van der Waals surface area contributed by atoms with Crippen LogP contribution < -0.4 is 16.8 Å². The second kappa shape index (κ2) is 8.77. The first-order valence-electron chi connectivity index (χ1n) is 6.48. The van der Waals surface area contributed by atoms with Crippen LogP contribution in [0.25, 0.3) is 0 Å². The summed E-state index contributed by atoms with van der Waals surface area (Å²) in [5.74, 6) is -2.57. The van der Waals surface area contributed by atoms with Crippen molar-refractivity contribution < 1.29 is 24.3 Å². The fraction of sp³-hybridized carbons (Fsp3) is 0.667. The molecule has 0 radical (unpaired) electrons. The van der Waals surface area contributed by atoms with Crippen LogP contribution in [0, 0.1) is 5.92 Å². The first kappa shape index (κ1) is 18.7. The Balaban J connectivity index is 4.76. The highest BCUT2D eigenvalue weighted by molar-refractivity contribution is 5.86. The Bertz CT molecular complexity index is 410. The van der Waals surface area contributed by atoms with E-state index in [-0.39, 0.29) is 31.8 Å². The van der Waals surface area contributed by atoms with Crippen LogP contribution in [0.1, 0.15) is 26.7 Å². The van der Waals surface area contributed by atoms with Crippen LogP contribution in [0.2, 0.25) is 0 Å². The summed E-state index contributed by atoms with van der Waals surface area (Å²) in [6.45, 7) is 3.61. The Morgan fingerprint density at radius 1 is 1.14 bits per heavy atom. The highest BCUT2D eigenvalue weighted by Gasteiger charge is 2.24. The molecule has 0 saturated carbocycles. The van der Waals surface area contributed by atoms with E-state index in [2.05, 4.69) is 5.32 Å². The maximum absolute atomic E-state index is 12.0. The highest BCUT2D eigenvalue weighted by atomic mass is 16.4. The van der Waals surface area contributed by atoms with Crippen molar-refractivity contribution in [2.45, 2.75) is 32.7 Å². The molecule has 0 aromatic heterocycles. The predicted molar refractivity (Wildman–Crippen MR) is 74.0 cm³/mol. The average Bonchev–Trinajstić information content (AvgIpc) is 2.31. The minimum Gasteiger partial charge on any atom is -0.480 e. The molecule has 4 amide bonds. The summed E-state index contributed by atoms with van der Waals surface area (Å²) in [6, 6.07) is -1.98. The second-order valence-electron chi connectivity index (χ2n) is 5.09. The lowest BCUT2D eigenvalue weighted by Crippen LogP contribution is -2.51. The van der Waals surface area contributed by atoms with Gasteiger partial charge in [-0.15, -0.1) is 0 Å². The molecule has 0 fully saturated rings. The molecule has 21 heavy (non-hydrogen) atoms. The summed E-state index contributed by atoms with van der Waals surface area (Å²) < 4.78 is 0. The number of nitrogens with two attached hydrogens (primary N) is 2. The number of carbonyl (C=O) groups is 4. The minimum atomic E-state index is -1.28. The number of primary amides is 2. The number of hydrogen-bond donors (Lipinski definition) is 4. The number of amides is 4. The summed E-state index contributed by atoms with van der Waals surface area (Å²) >= 11 is 0. The molecule has 0 unspecified atom stereocenters. The third kappa shape index (κ3) is 8.45. The molecule has 9 heteroatoms. The van der Waals surface area contributed by atoms with Crippen LogP contribution in [0.5, 0.6) is 0 Å². The molecule has 9 nitrogen and oxygen atoms in total. The van der Waals surface area contributed by atoms with Crippen molar-refractivity contribution in [1.29, 1.82) is 0 Å². The molecule has 0 aromatic carbocycles. The molecule has 0 heterocycles. The van der Waals surface area contributed by atoms with Crippen LogP contribution in [-0.2, 0) is 14.4 Å². The van der Waals surface area contributed by atoms with Gasteiger partial charge in [-0.3, -0.25) is 9.59 Å². The van der Waals surface area contributed by atoms with Gasteiger partial charge in [0.05, 0.1) is 0 Å². The minimum absolute atomic E-state index is 0.0731. The van der Waals surface area contributed by atoms with E-state index in [1.54, 1.807) is 0 Å². The Morgan fingerprint density at radius 3 is 2.10 bits per heavy atom. The predicted octanol–water partition coefficient (Wildman–Crippen LogP) is -1.14. The SMILES string of the molecule is CC(C)CN(CC(N)=O)C(=O)N[C@H](CCC(N)=O)C(=O)O. The van der Waals surface area contributed by atoms with Gasteiger partial charge in [-0.25, -0.2) is 9.59 Å². The Morgan fingerprint density at radius 2 is 1.71 bits per heavy atom. The van der Waals surface area contributed by atoms with Gasteiger partial charge < -0.3 is 26.8 Å². The molecule has 120 valence electrons. The van der Waals surface area contributed by atoms with Crippen molar-refractivity contribution in [3.05, 3.63) is 0 Å². The summed E-state index contributed by atoms with van der Waals surface area (Å²) in [5, 5.41) is 11.3. The lowest BCUT2D eigenvalue weighted by Gasteiger charge is -2.25. The smallest absolute Gasteiger partial charge is 0.326 e. The van der Waals surface area contributed by atoms with E-state index in [0.29, 0.717) is 0 Å². The van der Waals surface area contributed by atoms with E-state index < -0.39 is 29.9 Å². The molecular formula is C12H22N4O5.